The SMILES string of the molecule is C[C@H](O)c1nccn1[C@@H](C#Cc1ccc(-c2ccc(N[C@@H]3COC[C@H]3O)cc2F)cc1)CO. The van der Waals surface area contributed by atoms with Gasteiger partial charge in [0, 0.05) is 29.2 Å². The number of anilines is 1. The van der Waals surface area contributed by atoms with Crippen LogP contribution in [0.3, 0.4) is 0 Å². The normalized spacial score (nSPS) is 19.5. The van der Waals surface area contributed by atoms with Gasteiger partial charge in [0.25, 0.3) is 0 Å². The molecule has 7 nitrogen and oxygen atoms in total. The average Bonchev–Trinajstić information content (AvgIpc) is 3.45. The number of nitrogens with zero attached hydrogens (tertiary/aromatic N) is 2. The Bertz CT molecular complexity index is 1150. The number of ether oxygens (including phenoxy) is 1. The summed E-state index contributed by atoms with van der Waals surface area (Å²) in [6, 6.07) is 11.2. The minimum Gasteiger partial charge on any atom is -0.393 e. The Labute approximate surface area is 191 Å². The predicted octanol–water partition coefficient (Wildman–Crippen LogP) is 2.50. The van der Waals surface area contributed by atoms with Crippen LogP contribution in [-0.2, 0) is 4.74 Å². The highest BCUT2D eigenvalue weighted by Crippen LogP contribution is 2.26. The lowest BCUT2D eigenvalue weighted by molar-refractivity contribution is 0.125. The van der Waals surface area contributed by atoms with Crippen molar-refractivity contribution in [2.45, 2.75) is 31.2 Å². The smallest absolute Gasteiger partial charge is 0.138 e. The molecule has 0 aliphatic carbocycles. The molecule has 4 atom stereocenters. The average molecular weight is 451 g/mol. The third-order valence-electron chi connectivity index (χ3n) is 5.53. The van der Waals surface area contributed by atoms with Gasteiger partial charge >= 0.3 is 0 Å². The van der Waals surface area contributed by atoms with Gasteiger partial charge in [0.05, 0.1) is 32.0 Å². The van der Waals surface area contributed by atoms with E-state index in [1.54, 1.807) is 60.3 Å². The third-order valence-corrected chi connectivity index (χ3v) is 5.53. The van der Waals surface area contributed by atoms with Crippen LogP contribution in [0.4, 0.5) is 10.1 Å². The molecule has 1 fully saturated rings. The highest BCUT2D eigenvalue weighted by atomic mass is 19.1. The van der Waals surface area contributed by atoms with Crippen molar-refractivity contribution in [3.8, 4) is 23.0 Å². The number of imidazole rings is 1. The Balaban J connectivity index is 1.48. The first kappa shape index (κ1) is 23.0. The molecule has 0 bridgehead atoms. The largest absolute Gasteiger partial charge is 0.393 e. The number of halogens is 1. The van der Waals surface area contributed by atoms with Gasteiger partial charge < -0.3 is 29.9 Å². The number of rotatable bonds is 6. The first-order valence-corrected chi connectivity index (χ1v) is 10.7. The Kier molecular flexibility index (Phi) is 7.06. The fourth-order valence-electron chi connectivity index (χ4n) is 3.75. The lowest BCUT2D eigenvalue weighted by Crippen LogP contribution is -2.31. The third kappa shape index (κ3) is 5.24. The molecular formula is C25H26FN3O4. The van der Waals surface area contributed by atoms with Gasteiger partial charge in [-0.05, 0) is 42.8 Å². The van der Waals surface area contributed by atoms with Crippen molar-refractivity contribution in [2.24, 2.45) is 0 Å². The molecule has 0 unspecified atom stereocenters. The molecular weight excluding hydrogens is 425 g/mol. The number of hydrogen-bond acceptors (Lipinski definition) is 6. The summed E-state index contributed by atoms with van der Waals surface area (Å²) in [5.41, 5.74) is 2.46. The number of benzene rings is 2. The zero-order valence-corrected chi connectivity index (χ0v) is 18.1. The van der Waals surface area contributed by atoms with E-state index in [0.29, 0.717) is 34.8 Å². The molecule has 4 rings (SSSR count). The maximum atomic E-state index is 14.7. The van der Waals surface area contributed by atoms with E-state index >= 15 is 0 Å². The summed E-state index contributed by atoms with van der Waals surface area (Å²) in [5.74, 6) is 6.07. The van der Waals surface area contributed by atoms with Gasteiger partial charge in [-0.3, -0.25) is 0 Å². The number of aliphatic hydroxyl groups is 3. The van der Waals surface area contributed by atoms with Gasteiger partial charge in [-0.25, -0.2) is 9.37 Å². The molecule has 1 aliphatic heterocycles. The second kappa shape index (κ2) is 10.1. The number of nitrogens with one attached hydrogen (secondary N) is 1. The first-order valence-electron chi connectivity index (χ1n) is 10.7. The molecule has 1 saturated heterocycles. The van der Waals surface area contributed by atoms with Gasteiger partial charge in [-0.15, -0.1) is 0 Å². The van der Waals surface area contributed by atoms with Crippen molar-refractivity contribution in [2.75, 3.05) is 25.1 Å². The van der Waals surface area contributed by atoms with Crippen LogP contribution in [0.5, 0.6) is 0 Å². The Hall–Kier alpha value is -3.22. The minimum atomic E-state index is -0.775. The number of aromatic nitrogens is 2. The van der Waals surface area contributed by atoms with Crippen LogP contribution in [0, 0.1) is 17.7 Å². The highest BCUT2D eigenvalue weighted by molar-refractivity contribution is 5.67. The summed E-state index contributed by atoms with van der Waals surface area (Å²) in [7, 11) is 0. The zero-order chi connectivity index (χ0) is 23.4. The van der Waals surface area contributed by atoms with Crippen LogP contribution in [0.1, 0.15) is 30.5 Å². The summed E-state index contributed by atoms with van der Waals surface area (Å²) in [6.07, 6.45) is 1.84. The molecule has 0 amide bonds. The van der Waals surface area contributed by atoms with Gasteiger partial charge in [0.1, 0.15) is 23.8 Å². The Morgan fingerprint density at radius 1 is 1.24 bits per heavy atom. The van der Waals surface area contributed by atoms with Crippen molar-refractivity contribution < 1.29 is 24.4 Å². The van der Waals surface area contributed by atoms with Gasteiger partial charge in [0.2, 0.25) is 0 Å². The molecule has 172 valence electrons. The van der Waals surface area contributed by atoms with E-state index in [4.69, 9.17) is 4.74 Å². The van der Waals surface area contributed by atoms with Gasteiger partial charge in [-0.1, -0.05) is 24.0 Å². The van der Waals surface area contributed by atoms with Crippen molar-refractivity contribution in [3.63, 3.8) is 0 Å². The first-order chi connectivity index (χ1) is 16.0. The number of aliphatic hydroxyl groups excluding tert-OH is 3. The maximum Gasteiger partial charge on any atom is 0.138 e. The van der Waals surface area contributed by atoms with Crippen molar-refractivity contribution >= 4 is 5.69 Å². The van der Waals surface area contributed by atoms with E-state index in [1.807, 2.05) is 0 Å². The molecule has 4 N–H and O–H groups in total. The van der Waals surface area contributed by atoms with E-state index in [-0.39, 0.29) is 25.1 Å². The van der Waals surface area contributed by atoms with E-state index in [2.05, 4.69) is 22.1 Å². The molecule has 8 heteroatoms. The molecule has 2 heterocycles. The quantitative estimate of drug-likeness (QED) is 0.430. The lowest BCUT2D eigenvalue weighted by atomic mass is 10.0. The molecule has 0 saturated carbocycles. The van der Waals surface area contributed by atoms with E-state index in [9.17, 15) is 19.7 Å². The summed E-state index contributed by atoms with van der Waals surface area (Å²) >= 11 is 0. The Morgan fingerprint density at radius 3 is 2.67 bits per heavy atom. The van der Waals surface area contributed by atoms with Crippen molar-refractivity contribution in [1.82, 2.24) is 9.55 Å². The monoisotopic (exact) mass is 451 g/mol. The maximum absolute atomic E-state index is 14.7. The molecule has 33 heavy (non-hydrogen) atoms. The summed E-state index contributed by atoms with van der Waals surface area (Å²) in [5, 5.41) is 32.5. The van der Waals surface area contributed by atoms with Crippen LogP contribution in [0.15, 0.2) is 54.9 Å². The minimum absolute atomic E-state index is 0.225. The predicted molar refractivity (Wildman–Crippen MR) is 122 cm³/mol. The summed E-state index contributed by atoms with van der Waals surface area (Å²) in [6.45, 7) is 2.03. The van der Waals surface area contributed by atoms with Gasteiger partial charge in [-0.2, -0.15) is 0 Å². The zero-order valence-electron chi connectivity index (χ0n) is 18.1. The van der Waals surface area contributed by atoms with E-state index in [0.717, 1.165) is 0 Å². The van der Waals surface area contributed by atoms with Crippen LogP contribution in [0.25, 0.3) is 11.1 Å². The fraction of sp³-hybridized carbons (Fsp3) is 0.320. The van der Waals surface area contributed by atoms with Crippen LogP contribution < -0.4 is 5.32 Å². The van der Waals surface area contributed by atoms with Crippen LogP contribution in [-0.4, -0.2) is 56.8 Å². The molecule has 0 spiro atoms. The topological polar surface area (TPSA) is 99.8 Å². The molecule has 1 aliphatic rings. The number of hydrogen-bond donors (Lipinski definition) is 4. The molecule has 0 radical (unpaired) electrons. The molecule has 2 aromatic carbocycles. The lowest BCUT2D eigenvalue weighted by Gasteiger charge is -2.16. The molecule has 1 aromatic heterocycles. The van der Waals surface area contributed by atoms with Gasteiger partial charge in [0.15, 0.2) is 0 Å². The second-order valence-corrected chi connectivity index (χ2v) is 7.96. The second-order valence-electron chi connectivity index (χ2n) is 7.96. The van der Waals surface area contributed by atoms with E-state index < -0.39 is 18.2 Å². The standard InChI is InChI=1S/C25H26FN3O4/c1-16(31)25-27-10-11-29(25)20(13-30)8-4-17-2-5-18(6-3-17)21-9-7-19(12-22(21)26)28-23-14-33-15-24(23)32/h2-3,5-7,9-12,16,20,23-24,28,30-32H,13-15H2,1H3/t16-,20-,23+,24+/m0/s1. The Morgan fingerprint density at radius 2 is 2.03 bits per heavy atom. The van der Waals surface area contributed by atoms with E-state index in [1.165, 1.54) is 6.07 Å². The highest BCUT2D eigenvalue weighted by Gasteiger charge is 2.26. The van der Waals surface area contributed by atoms with Crippen LogP contribution in [0.2, 0.25) is 0 Å². The summed E-state index contributed by atoms with van der Waals surface area (Å²) < 4.78 is 21.6. The fourth-order valence-corrected chi connectivity index (χ4v) is 3.75. The molecule has 3 aromatic rings. The van der Waals surface area contributed by atoms with Crippen molar-refractivity contribution in [3.05, 3.63) is 72.1 Å². The van der Waals surface area contributed by atoms with Crippen molar-refractivity contribution in [1.29, 1.82) is 0 Å². The van der Waals surface area contributed by atoms with Crippen LogP contribution >= 0.6 is 0 Å². The summed E-state index contributed by atoms with van der Waals surface area (Å²) in [4.78, 5) is 4.11.